The van der Waals surface area contributed by atoms with Crippen LogP contribution < -0.4 is 56.5 Å². The van der Waals surface area contributed by atoms with E-state index in [1.807, 2.05) is 0 Å². The molecule has 0 N–H and O–H groups in total. The predicted molar refractivity (Wildman–Crippen MR) is 57.4 cm³/mol. The summed E-state index contributed by atoms with van der Waals surface area (Å²) in [5.41, 5.74) is 0.657. The first-order valence-corrected chi connectivity index (χ1v) is 5.08. The van der Waals surface area contributed by atoms with Crippen molar-refractivity contribution in [2.24, 2.45) is 7.05 Å². The van der Waals surface area contributed by atoms with Crippen LogP contribution in [-0.2, 0) is 21.4 Å². The molecule has 0 fully saturated rings. The maximum atomic E-state index is 11.5. The fourth-order valence-electron chi connectivity index (χ4n) is 1.25. The van der Waals surface area contributed by atoms with Crippen LogP contribution in [0.1, 0.15) is 19.0 Å². The Bertz CT molecular complexity index is 454. The van der Waals surface area contributed by atoms with Gasteiger partial charge in [0.1, 0.15) is 0 Å². The minimum absolute atomic E-state index is 0. The van der Waals surface area contributed by atoms with Crippen LogP contribution in [0.3, 0.4) is 0 Å². The van der Waals surface area contributed by atoms with Crippen LogP contribution in [0.2, 0.25) is 0 Å². The number of hydrogen-bond donors (Lipinski definition) is 0. The molecule has 1 rings (SSSR count). The molecule has 1 aromatic heterocycles. The van der Waals surface area contributed by atoms with E-state index in [9.17, 15) is 14.7 Å². The van der Waals surface area contributed by atoms with Crippen LogP contribution in [0, 0.1) is 0 Å². The van der Waals surface area contributed by atoms with Gasteiger partial charge in [0.15, 0.2) is 0 Å². The van der Waals surface area contributed by atoms with Crippen LogP contribution in [-0.4, -0.2) is 28.1 Å². The molecule has 0 radical (unpaired) electrons. The van der Waals surface area contributed by atoms with Gasteiger partial charge in [-0.25, -0.2) is 9.78 Å². The summed E-state index contributed by atoms with van der Waals surface area (Å²) in [5.74, 6) is -1.98. The second-order valence-electron chi connectivity index (χ2n) is 3.37. The summed E-state index contributed by atoms with van der Waals surface area (Å²) in [6.45, 7) is 1.84. The predicted octanol–water partition coefficient (Wildman–Crippen LogP) is -3.49. The maximum absolute atomic E-state index is 11.5. The van der Waals surface area contributed by atoms with Crippen molar-refractivity contribution in [3.8, 4) is 0 Å². The van der Waals surface area contributed by atoms with E-state index in [1.165, 1.54) is 12.3 Å². The van der Waals surface area contributed by atoms with Crippen molar-refractivity contribution in [1.29, 1.82) is 0 Å². The zero-order valence-corrected chi connectivity index (χ0v) is 13.8. The van der Waals surface area contributed by atoms with E-state index in [1.54, 1.807) is 24.9 Å². The molecule has 0 saturated heterocycles. The first kappa shape index (κ1) is 17.5. The molecule has 7 heteroatoms. The molecule has 0 unspecified atom stereocenters. The number of carboxylic acids is 1. The van der Waals surface area contributed by atoms with Gasteiger partial charge in [0.05, 0.1) is 24.8 Å². The van der Waals surface area contributed by atoms with Crippen LogP contribution in [0.15, 0.2) is 18.1 Å². The van der Waals surface area contributed by atoms with E-state index in [0.717, 1.165) is 0 Å². The summed E-state index contributed by atoms with van der Waals surface area (Å²) in [5, 5.41) is 10.5. The first-order chi connectivity index (χ1) is 8.04. The van der Waals surface area contributed by atoms with Gasteiger partial charge in [-0.3, -0.25) is 0 Å². The van der Waals surface area contributed by atoms with Crippen molar-refractivity contribution in [3.63, 3.8) is 0 Å². The average Bonchev–Trinajstić information content (AvgIpc) is 2.63. The van der Waals surface area contributed by atoms with Gasteiger partial charge < -0.3 is 19.2 Å². The van der Waals surface area contributed by atoms with Crippen molar-refractivity contribution >= 4 is 18.0 Å². The fraction of sp³-hybridized carbons (Fsp3) is 0.364. The summed E-state index contributed by atoms with van der Waals surface area (Å²) in [4.78, 5) is 25.9. The van der Waals surface area contributed by atoms with Crippen molar-refractivity contribution < 1.29 is 70.8 Å². The van der Waals surface area contributed by atoms with Gasteiger partial charge in [0.2, 0.25) is 0 Å². The molecule has 0 saturated carbocycles. The van der Waals surface area contributed by atoms with E-state index < -0.39 is 18.4 Å². The summed E-state index contributed by atoms with van der Waals surface area (Å²) in [6.07, 6.45) is 4.02. The molecule has 0 bridgehead atoms. The van der Waals surface area contributed by atoms with E-state index in [-0.39, 0.29) is 63.6 Å². The molecule has 1 aromatic rings. The number of rotatable bonds is 5. The zero-order valence-electron chi connectivity index (χ0n) is 10.7. The Morgan fingerprint density at radius 1 is 1.56 bits per heavy atom. The van der Waals surface area contributed by atoms with E-state index in [2.05, 4.69) is 4.98 Å². The van der Waals surface area contributed by atoms with Gasteiger partial charge >= 0.3 is 57.4 Å². The van der Waals surface area contributed by atoms with Crippen molar-refractivity contribution in [2.75, 3.05) is 6.61 Å². The molecule has 0 spiro atoms. The third-order valence-corrected chi connectivity index (χ3v) is 2.05. The molecular weight excluding hydrogens is 263 g/mol. The Kier molecular flexibility index (Phi) is 8.37. The summed E-state index contributed by atoms with van der Waals surface area (Å²) in [6, 6.07) is 0. The maximum Gasteiger partial charge on any atom is 1.00 e. The molecule has 1 heterocycles. The Morgan fingerprint density at radius 3 is 2.67 bits per heavy atom. The van der Waals surface area contributed by atoms with Crippen molar-refractivity contribution in [2.45, 2.75) is 13.3 Å². The monoisotopic (exact) mass is 276 g/mol. The zero-order chi connectivity index (χ0) is 12.8. The average molecular weight is 276 g/mol. The standard InChI is InChI=1S/C11H14N2O4.K/c1-3-17-11(16)8(5-10(14)15)4-9-6-12-7-13(9)2;/h4,6-7H,3,5H2,1-2H3,(H,14,15);/q;+1/p-1/b8-4+;. The number of aliphatic carboxylic acids is 1. The number of carbonyl (C=O) groups is 2. The quantitative estimate of drug-likeness (QED) is 0.317. The summed E-state index contributed by atoms with van der Waals surface area (Å²) in [7, 11) is 1.74. The van der Waals surface area contributed by atoms with E-state index in [0.29, 0.717) is 5.69 Å². The Hall–Kier alpha value is -0.474. The van der Waals surface area contributed by atoms with Gasteiger partial charge in [-0.15, -0.1) is 0 Å². The van der Waals surface area contributed by atoms with Crippen LogP contribution in [0.4, 0.5) is 0 Å². The van der Waals surface area contributed by atoms with Gasteiger partial charge in [0, 0.05) is 25.0 Å². The SMILES string of the molecule is CCOC(=O)/C(=C/c1cncn1C)CC(=O)[O-].[K+]. The summed E-state index contributed by atoms with van der Waals surface area (Å²) >= 11 is 0. The minimum atomic E-state index is -1.33. The smallest absolute Gasteiger partial charge is 0.550 e. The third kappa shape index (κ3) is 5.45. The van der Waals surface area contributed by atoms with Crippen LogP contribution in [0.25, 0.3) is 6.08 Å². The van der Waals surface area contributed by atoms with E-state index in [4.69, 9.17) is 4.74 Å². The molecule has 0 aliphatic carbocycles. The molecule has 0 aliphatic heterocycles. The third-order valence-electron chi connectivity index (χ3n) is 2.05. The largest absolute Gasteiger partial charge is 1.00 e. The molecule has 0 amide bonds. The second-order valence-corrected chi connectivity index (χ2v) is 3.37. The molecule has 92 valence electrons. The number of aromatic nitrogens is 2. The van der Waals surface area contributed by atoms with Gasteiger partial charge in [-0.1, -0.05) is 0 Å². The number of carbonyl (C=O) groups excluding carboxylic acids is 2. The number of hydrogen-bond acceptors (Lipinski definition) is 5. The molecule has 0 aliphatic rings. The van der Waals surface area contributed by atoms with Crippen LogP contribution >= 0.6 is 0 Å². The van der Waals surface area contributed by atoms with Crippen molar-refractivity contribution in [1.82, 2.24) is 9.55 Å². The van der Waals surface area contributed by atoms with E-state index >= 15 is 0 Å². The molecule has 0 atom stereocenters. The molecule has 6 nitrogen and oxygen atoms in total. The number of aryl methyl sites for hydroxylation is 1. The number of ether oxygens (including phenoxy) is 1. The van der Waals surface area contributed by atoms with Crippen LogP contribution in [0.5, 0.6) is 0 Å². The number of esters is 1. The van der Waals surface area contributed by atoms with Gasteiger partial charge in [0.25, 0.3) is 0 Å². The summed E-state index contributed by atoms with van der Waals surface area (Å²) < 4.78 is 6.43. The number of carboxylic acid groups (broad SMARTS) is 1. The topological polar surface area (TPSA) is 84.2 Å². The fourth-order valence-corrected chi connectivity index (χ4v) is 1.25. The normalized spacial score (nSPS) is 10.7. The second kappa shape index (κ2) is 8.60. The molecular formula is C11H13KN2O4. The Morgan fingerprint density at radius 2 is 2.22 bits per heavy atom. The molecule has 18 heavy (non-hydrogen) atoms. The Balaban J connectivity index is 0.00000289. The molecule has 0 aromatic carbocycles. The number of nitrogens with zero attached hydrogens (tertiary/aromatic N) is 2. The number of imidazole rings is 1. The van der Waals surface area contributed by atoms with Gasteiger partial charge in [-0.2, -0.15) is 0 Å². The Labute approximate surface area is 147 Å². The first-order valence-electron chi connectivity index (χ1n) is 5.08. The minimum Gasteiger partial charge on any atom is -0.550 e. The van der Waals surface area contributed by atoms with Gasteiger partial charge in [-0.05, 0) is 13.0 Å². The van der Waals surface area contributed by atoms with Crippen molar-refractivity contribution in [3.05, 3.63) is 23.8 Å².